The lowest BCUT2D eigenvalue weighted by Crippen LogP contribution is -2.63. The minimum atomic E-state index is 0.189. The van der Waals surface area contributed by atoms with Crippen molar-refractivity contribution in [1.82, 2.24) is 10.2 Å². The third-order valence-electron chi connectivity index (χ3n) is 3.95. The first kappa shape index (κ1) is 18.8. The molecule has 0 saturated carbocycles. The molecule has 0 spiro atoms. The molecule has 0 aromatic heterocycles. The highest BCUT2D eigenvalue weighted by atomic mass is 16.5. The average Bonchev–Trinajstić information content (AvgIpc) is 2.40. The summed E-state index contributed by atoms with van der Waals surface area (Å²) in [5, 5.41) is 3.64. The Labute approximate surface area is 130 Å². The molecule has 1 saturated heterocycles. The van der Waals surface area contributed by atoms with Crippen LogP contribution in [0.2, 0.25) is 0 Å². The number of methoxy groups -OCH3 is 1. The van der Waals surface area contributed by atoms with E-state index < -0.39 is 0 Å². The summed E-state index contributed by atoms with van der Waals surface area (Å²) in [4.78, 5) is 2.56. The van der Waals surface area contributed by atoms with Crippen molar-refractivity contribution in [3.8, 4) is 0 Å². The molecule has 0 aromatic carbocycles. The molecule has 5 nitrogen and oxygen atoms in total. The molecule has 1 N–H and O–H groups in total. The van der Waals surface area contributed by atoms with Gasteiger partial charge in [0.05, 0.1) is 33.0 Å². The van der Waals surface area contributed by atoms with Gasteiger partial charge in [0, 0.05) is 38.3 Å². The first-order valence-corrected chi connectivity index (χ1v) is 8.10. The number of hydrogen-bond acceptors (Lipinski definition) is 5. The number of ether oxygens (including phenoxy) is 3. The van der Waals surface area contributed by atoms with Crippen molar-refractivity contribution < 1.29 is 14.2 Å². The smallest absolute Gasteiger partial charge is 0.0701 e. The van der Waals surface area contributed by atoms with Gasteiger partial charge in [-0.2, -0.15) is 0 Å². The molecule has 5 heteroatoms. The van der Waals surface area contributed by atoms with Crippen molar-refractivity contribution in [2.45, 2.75) is 39.3 Å². The highest BCUT2D eigenvalue weighted by molar-refractivity contribution is 4.93. The summed E-state index contributed by atoms with van der Waals surface area (Å²) in [6, 6.07) is 0.597. The molecule has 1 atom stereocenters. The van der Waals surface area contributed by atoms with Crippen LogP contribution in [0.1, 0.15) is 27.7 Å². The SMILES string of the molecule is COCCOCCOCCN1CC(C)(C)NCC1C(C)C. The molecule has 1 unspecified atom stereocenters. The molecule has 1 aliphatic heterocycles. The fourth-order valence-electron chi connectivity index (χ4n) is 2.74. The molecular formula is C16H34N2O3. The molecule has 0 bridgehead atoms. The van der Waals surface area contributed by atoms with Crippen molar-refractivity contribution in [2.24, 2.45) is 5.92 Å². The van der Waals surface area contributed by atoms with E-state index in [9.17, 15) is 0 Å². The van der Waals surface area contributed by atoms with Crippen LogP contribution in [0.3, 0.4) is 0 Å². The molecule has 0 amide bonds. The zero-order valence-corrected chi connectivity index (χ0v) is 14.5. The summed E-state index contributed by atoms with van der Waals surface area (Å²) in [5.74, 6) is 0.658. The Morgan fingerprint density at radius 3 is 2.33 bits per heavy atom. The maximum Gasteiger partial charge on any atom is 0.0701 e. The van der Waals surface area contributed by atoms with Crippen LogP contribution in [0.5, 0.6) is 0 Å². The topological polar surface area (TPSA) is 43.0 Å². The van der Waals surface area contributed by atoms with E-state index in [2.05, 4.69) is 37.9 Å². The molecule has 0 aliphatic carbocycles. The second kappa shape index (κ2) is 9.74. The van der Waals surface area contributed by atoms with E-state index in [4.69, 9.17) is 14.2 Å². The number of nitrogens with zero attached hydrogens (tertiary/aromatic N) is 1. The van der Waals surface area contributed by atoms with Gasteiger partial charge in [-0.05, 0) is 19.8 Å². The van der Waals surface area contributed by atoms with Crippen LogP contribution in [0.15, 0.2) is 0 Å². The van der Waals surface area contributed by atoms with Gasteiger partial charge in [0.1, 0.15) is 0 Å². The molecule has 1 fully saturated rings. The van der Waals surface area contributed by atoms with Crippen LogP contribution < -0.4 is 5.32 Å². The third kappa shape index (κ3) is 7.56. The first-order valence-electron chi connectivity index (χ1n) is 8.10. The van der Waals surface area contributed by atoms with Gasteiger partial charge in [0.2, 0.25) is 0 Å². The fourth-order valence-corrected chi connectivity index (χ4v) is 2.74. The molecule has 1 rings (SSSR count). The highest BCUT2D eigenvalue weighted by Gasteiger charge is 2.33. The van der Waals surface area contributed by atoms with E-state index in [-0.39, 0.29) is 5.54 Å². The Kier molecular flexibility index (Phi) is 8.74. The molecule has 1 aliphatic rings. The van der Waals surface area contributed by atoms with E-state index in [0.29, 0.717) is 38.4 Å². The monoisotopic (exact) mass is 302 g/mol. The van der Waals surface area contributed by atoms with Gasteiger partial charge in [-0.15, -0.1) is 0 Å². The quantitative estimate of drug-likeness (QED) is 0.618. The Bertz CT molecular complexity index is 272. The maximum atomic E-state index is 5.68. The lowest BCUT2D eigenvalue weighted by molar-refractivity contribution is 0.00370. The fraction of sp³-hybridized carbons (Fsp3) is 1.00. The van der Waals surface area contributed by atoms with Gasteiger partial charge < -0.3 is 19.5 Å². The Balaban J connectivity index is 2.18. The van der Waals surface area contributed by atoms with Gasteiger partial charge in [-0.25, -0.2) is 0 Å². The zero-order valence-electron chi connectivity index (χ0n) is 14.5. The molecule has 126 valence electrons. The van der Waals surface area contributed by atoms with Crippen molar-refractivity contribution >= 4 is 0 Å². The van der Waals surface area contributed by atoms with Crippen LogP contribution in [0.25, 0.3) is 0 Å². The summed E-state index contributed by atoms with van der Waals surface area (Å²) >= 11 is 0. The Morgan fingerprint density at radius 2 is 1.71 bits per heavy atom. The molecular weight excluding hydrogens is 268 g/mol. The van der Waals surface area contributed by atoms with E-state index in [1.807, 2.05) is 0 Å². The van der Waals surface area contributed by atoms with Gasteiger partial charge in [-0.3, -0.25) is 4.90 Å². The van der Waals surface area contributed by atoms with Crippen molar-refractivity contribution in [2.75, 3.05) is 59.8 Å². The van der Waals surface area contributed by atoms with E-state index in [1.165, 1.54) is 0 Å². The third-order valence-corrected chi connectivity index (χ3v) is 3.95. The van der Waals surface area contributed by atoms with Crippen molar-refractivity contribution in [1.29, 1.82) is 0 Å². The van der Waals surface area contributed by atoms with Gasteiger partial charge >= 0.3 is 0 Å². The van der Waals surface area contributed by atoms with Gasteiger partial charge in [0.25, 0.3) is 0 Å². The number of hydrogen-bond donors (Lipinski definition) is 1. The largest absolute Gasteiger partial charge is 0.382 e. The van der Waals surface area contributed by atoms with E-state index >= 15 is 0 Å². The second-order valence-electron chi connectivity index (χ2n) is 6.76. The second-order valence-corrected chi connectivity index (χ2v) is 6.76. The van der Waals surface area contributed by atoms with Gasteiger partial charge in [0.15, 0.2) is 0 Å². The maximum absolute atomic E-state index is 5.68. The number of nitrogens with one attached hydrogen (secondary N) is 1. The highest BCUT2D eigenvalue weighted by Crippen LogP contribution is 2.19. The molecule has 0 radical (unpaired) electrons. The summed E-state index contributed by atoms with van der Waals surface area (Å²) < 4.78 is 16.0. The standard InChI is InChI=1S/C16H34N2O3/c1-14(2)15-12-17-16(3,4)13-18(15)6-7-20-10-11-21-9-8-19-5/h14-15,17H,6-13H2,1-5H3. The normalized spacial score (nSPS) is 22.9. The van der Waals surface area contributed by atoms with Crippen LogP contribution in [0.4, 0.5) is 0 Å². The van der Waals surface area contributed by atoms with Crippen LogP contribution in [-0.4, -0.2) is 76.3 Å². The van der Waals surface area contributed by atoms with Crippen LogP contribution in [0, 0.1) is 5.92 Å². The predicted molar refractivity (Wildman–Crippen MR) is 85.8 cm³/mol. The molecule has 1 heterocycles. The minimum absolute atomic E-state index is 0.189. The lowest BCUT2D eigenvalue weighted by Gasteiger charge is -2.46. The van der Waals surface area contributed by atoms with Gasteiger partial charge in [-0.1, -0.05) is 13.8 Å². The number of rotatable bonds is 10. The Morgan fingerprint density at radius 1 is 1.10 bits per heavy atom. The Hall–Kier alpha value is -0.200. The predicted octanol–water partition coefficient (Wildman–Crippen LogP) is 1.37. The molecule has 21 heavy (non-hydrogen) atoms. The average molecular weight is 302 g/mol. The van der Waals surface area contributed by atoms with E-state index in [1.54, 1.807) is 7.11 Å². The minimum Gasteiger partial charge on any atom is -0.382 e. The van der Waals surface area contributed by atoms with E-state index in [0.717, 1.165) is 26.2 Å². The summed E-state index contributed by atoms with van der Waals surface area (Å²) in [6.45, 7) is 15.6. The van der Waals surface area contributed by atoms with Crippen molar-refractivity contribution in [3.05, 3.63) is 0 Å². The summed E-state index contributed by atoms with van der Waals surface area (Å²) in [7, 11) is 1.68. The number of piperazine rings is 1. The summed E-state index contributed by atoms with van der Waals surface area (Å²) in [6.07, 6.45) is 0. The first-order chi connectivity index (χ1) is 9.96. The van der Waals surface area contributed by atoms with Crippen LogP contribution in [-0.2, 0) is 14.2 Å². The molecule has 0 aromatic rings. The zero-order chi connectivity index (χ0) is 15.7. The summed E-state index contributed by atoms with van der Waals surface area (Å²) in [5.41, 5.74) is 0.189. The lowest BCUT2D eigenvalue weighted by atomic mass is 9.93. The van der Waals surface area contributed by atoms with Crippen molar-refractivity contribution in [3.63, 3.8) is 0 Å². The van der Waals surface area contributed by atoms with Crippen LogP contribution >= 0.6 is 0 Å².